The predicted octanol–water partition coefficient (Wildman–Crippen LogP) is 2.53. The van der Waals surface area contributed by atoms with Crippen molar-refractivity contribution in [2.24, 2.45) is 16.7 Å². The number of nitrogens with zero attached hydrogens (tertiary/aromatic N) is 1. The van der Waals surface area contributed by atoms with Crippen LogP contribution >= 0.6 is 0 Å². The monoisotopic (exact) mass is 419 g/mol. The molecular weight excluding hydrogens is 386 g/mol. The Balaban J connectivity index is 1.60. The van der Waals surface area contributed by atoms with Crippen molar-refractivity contribution in [1.82, 2.24) is 14.9 Å². The molecule has 1 saturated heterocycles. The fourth-order valence-corrected chi connectivity index (χ4v) is 7.61. The first kappa shape index (κ1) is 20.8. The van der Waals surface area contributed by atoms with Gasteiger partial charge in [-0.05, 0) is 60.6 Å². The maximum Gasteiger partial charge on any atom is 0.251 e. The molecule has 0 aromatic heterocycles. The smallest absolute Gasteiger partial charge is 0.251 e. The molecule has 0 radical (unpaired) electrons. The topological polar surface area (TPSA) is 78.5 Å². The summed E-state index contributed by atoms with van der Waals surface area (Å²) in [5.74, 6) is 0.466. The van der Waals surface area contributed by atoms with Crippen LogP contribution in [0.3, 0.4) is 0 Å². The molecule has 6 nitrogen and oxygen atoms in total. The van der Waals surface area contributed by atoms with Crippen LogP contribution in [0.25, 0.3) is 0 Å². The molecule has 1 amide bonds. The summed E-state index contributed by atoms with van der Waals surface area (Å²) in [6, 6.07) is 5.16. The highest BCUT2D eigenvalue weighted by Gasteiger charge is 2.59. The number of hydrogen-bond donors (Lipinski definition) is 2. The number of aryl methyl sites for hydroxylation is 1. The molecule has 2 aliphatic carbocycles. The number of rotatable bonds is 4. The summed E-state index contributed by atoms with van der Waals surface area (Å²) in [6.07, 6.45) is 3.53. The molecule has 1 aliphatic heterocycles. The standard InChI is InChI=1S/C22H33N3O3S/c1-15-5-6-16(13-18(15)29(27,28)25-11-9-23-10-12-25)19(26)24-20-21(2,3)17-7-8-22(20,4)14-17/h5-6,13,17,20,23H,7-12,14H2,1-4H3,(H,24,26)/t17-,20?,22?/m1/s1. The van der Waals surface area contributed by atoms with Crippen molar-refractivity contribution in [3.8, 4) is 0 Å². The second-order valence-corrected chi connectivity index (χ2v) is 11.9. The van der Waals surface area contributed by atoms with Crippen LogP contribution in [0.2, 0.25) is 0 Å². The van der Waals surface area contributed by atoms with Gasteiger partial charge in [0.15, 0.2) is 0 Å². The Bertz CT molecular complexity index is 916. The zero-order chi connectivity index (χ0) is 21.0. The molecule has 29 heavy (non-hydrogen) atoms. The fraction of sp³-hybridized carbons (Fsp3) is 0.682. The minimum Gasteiger partial charge on any atom is -0.348 e. The highest BCUT2D eigenvalue weighted by atomic mass is 32.2. The Morgan fingerprint density at radius 3 is 2.52 bits per heavy atom. The molecule has 2 saturated carbocycles. The van der Waals surface area contributed by atoms with Gasteiger partial charge in [-0.2, -0.15) is 4.31 Å². The largest absolute Gasteiger partial charge is 0.348 e. The summed E-state index contributed by atoms with van der Waals surface area (Å²) >= 11 is 0. The van der Waals surface area contributed by atoms with E-state index in [1.807, 2.05) is 0 Å². The van der Waals surface area contributed by atoms with Gasteiger partial charge in [-0.3, -0.25) is 4.79 Å². The van der Waals surface area contributed by atoms with Gasteiger partial charge in [-0.1, -0.05) is 26.8 Å². The van der Waals surface area contributed by atoms with E-state index in [1.165, 1.54) is 10.7 Å². The van der Waals surface area contributed by atoms with Gasteiger partial charge in [0.25, 0.3) is 5.91 Å². The normalized spacial score (nSPS) is 31.7. The van der Waals surface area contributed by atoms with Gasteiger partial charge in [-0.15, -0.1) is 0 Å². The Hall–Kier alpha value is -1.44. The lowest BCUT2D eigenvalue weighted by Gasteiger charge is -2.43. The zero-order valence-electron chi connectivity index (χ0n) is 17.9. The third kappa shape index (κ3) is 3.41. The highest BCUT2D eigenvalue weighted by Crippen LogP contribution is 2.62. The molecule has 2 N–H and O–H groups in total. The van der Waals surface area contributed by atoms with E-state index in [1.54, 1.807) is 25.1 Å². The van der Waals surface area contributed by atoms with Crippen molar-refractivity contribution in [3.63, 3.8) is 0 Å². The maximum atomic E-state index is 13.2. The highest BCUT2D eigenvalue weighted by molar-refractivity contribution is 7.89. The van der Waals surface area contributed by atoms with E-state index in [4.69, 9.17) is 0 Å². The van der Waals surface area contributed by atoms with E-state index in [0.717, 1.165) is 12.8 Å². The lowest BCUT2D eigenvalue weighted by molar-refractivity contribution is 0.0737. The van der Waals surface area contributed by atoms with Crippen molar-refractivity contribution < 1.29 is 13.2 Å². The molecule has 3 fully saturated rings. The summed E-state index contributed by atoms with van der Waals surface area (Å²) < 4.78 is 27.8. The van der Waals surface area contributed by atoms with Crippen molar-refractivity contribution in [1.29, 1.82) is 0 Å². The van der Waals surface area contributed by atoms with Crippen LogP contribution in [0, 0.1) is 23.7 Å². The number of sulfonamides is 1. The van der Waals surface area contributed by atoms with Crippen molar-refractivity contribution in [3.05, 3.63) is 29.3 Å². The average Bonchev–Trinajstić information content (AvgIpc) is 3.17. The van der Waals surface area contributed by atoms with Gasteiger partial charge in [0.2, 0.25) is 10.0 Å². The SMILES string of the molecule is Cc1ccc(C(=O)NC2C3(C)CC[C@H](C3)C2(C)C)cc1S(=O)(=O)N1CCNCC1. The van der Waals surface area contributed by atoms with E-state index in [2.05, 4.69) is 31.4 Å². The molecule has 160 valence electrons. The number of fused-ring (bicyclic) bond motifs is 2. The molecule has 2 unspecified atom stereocenters. The second-order valence-electron chi connectivity index (χ2n) is 9.96. The molecule has 4 rings (SSSR count). The van der Waals surface area contributed by atoms with Crippen LogP contribution in [-0.4, -0.2) is 50.9 Å². The van der Waals surface area contributed by atoms with Gasteiger partial charge in [0.05, 0.1) is 4.90 Å². The molecule has 1 aromatic rings. The molecule has 7 heteroatoms. The number of carbonyl (C=O) groups is 1. The molecule has 3 aliphatic rings. The van der Waals surface area contributed by atoms with Crippen LogP contribution in [0.4, 0.5) is 0 Å². The molecule has 1 heterocycles. The van der Waals surface area contributed by atoms with E-state index in [0.29, 0.717) is 43.2 Å². The Morgan fingerprint density at radius 2 is 1.90 bits per heavy atom. The summed E-state index contributed by atoms with van der Waals surface area (Å²) in [6.45, 7) is 10.8. The van der Waals surface area contributed by atoms with Crippen LogP contribution in [0.15, 0.2) is 23.1 Å². The fourth-order valence-electron chi connectivity index (χ4n) is 5.92. The lowest BCUT2D eigenvalue weighted by Crippen LogP contribution is -2.52. The van der Waals surface area contributed by atoms with Crippen LogP contribution < -0.4 is 10.6 Å². The molecule has 2 bridgehead atoms. The van der Waals surface area contributed by atoms with E-state index in [9.17, 15) is 13.2 Å². The maximum absolute atomic E-state index is 13.2. The van der Waals surface area contributed by atoms with Gasteiger partial charge in [0, 0.05) is 37.8 Å². The minimum absolute atomic E-state index is 0.0586. The number of carbonyl (C=O) groups excluding carboxylic acids is 1. The molecule has 3 atom stereocenters. The van der Waals surface area contributed by atoms with E-state index < -0.39 is 10.0 Å². The van der Waals surface area contributed by atoms with Crippen molar-refractivity contribution in [2.75, 3.05) is 26.2 Å². The van der Waals surface area contributed by atoms with Crippen molar-refractivity contribution >= 4 is 15.9 Å². The summed E-state index contributed by atoms with van der Waals surface area (Å²) in [7, 11) is -3.61. The van der Waals surface area contributed by atoms with Crippen molar-refractivity contribution in [2.45, 2.75) is 57.9 Å². The summed E-state index contributed by atoms with van der Waals surface area (Å²) in [4.78, 5) is 13.4. The summed E-state index contributed by atoms with van der Waals surface area (Å²) in [5.41, 5.74) is 1.28. The Labute approximate surface area is 174 Å². The lowest BCUT2D eigenvalue weighted by atomic mass is 9.68. The number of amides is 1. The van der Waals surface area contributed by atoms with Crippen LogP contribution in [0.1, 0.15) is 56.0 Å². The quantitative estimate of drug-likeness (QED) is 0.786. The van der Waals surface area contributed by atoms with E-state index >= 15 is 0 Å². The van der Waals surface area contributed by atoms with Crippen LogP contribution in [-0.2, 0) is 10.0 Å². The van der Waals surface area contributed by atoms with Gasteiger partial charge in [-0.25, -0.2) is 8.42 Å². The number of piperazine rings is 1. The Morgan fingerprint density at radius 1 is 1.21 bits per heavy atom. The Kier molecular flexibility index (Phi) is 5.07. The summed E-state index contributed by atoms with van der Waals surface area (Å²) in [5, 5.41) is 6.45. The first-order valence-electron chi connectivity index (χ1n) is 10.7. The minimum atomic E-state index is -3.61. The second kappa shape index (κ2) is 7.06. The first-order valence-corrected chi connectivity index (χ1v) is 12.1. The molecular formula is C22H33N3O3S. The van der Waals surface area contributed by atoms with Crippen LogP contribution in [0.5, 0.6) is 0 Å². The third-order valence-corrected chi connectivity index (χ3v) is 9.73. The zero-order valence-corrected chi connectivity index (χ0v) is 18.7. The average molecular weight is 420 g/mol. The first-order chi connectivity index (χ1) is 13.6. The molecule has 0 spiro atoms. The number of hydrogen-bond acceptors (Lipinski definition) is 4. The molecule has 1 aromatic carbocycles. The predicted molar refractivity (Wildman–Crippen MR) is 113 cm³/mol. The third-order valence-electron chi connectivity index (χ3n) is 7.69. The van der Waals surface area contributed by atoms with Gasteiger partial charge in [0.1, 0.15) is 0 Å². The number of benzene rings is 1. The van der Waals surface area contributed by atoms with E-state index in [-0.39, 0.29) is 27.7 Å². The van der Waals surface area contributed by atoms with Gasteiger partial charge < -0.3 is 10.6 Å². The number of nitrogens with one attached hydrogen (secondary N) is 2. The van der Waals surface area contributed by atoms with Gasteiger partial charge >= 0.3 is 0 Å².